The van der Waals surface area contributed by atoms with Crippen molar-refractivity contribution in [3.63, 3.8) is 0 Å². The summed E-state index contributed by atoms with van der Waals surface area (Å²) in [5, 5.41) is 0. The Balaban J connectivity index is 1.64. The molecule has 1 atom stereocenters. The number of aryl methyl sites for hydroxylation is 1. The van der Waals surface area contributed by atoms with Gasteiger partial charge in [-0.2, -0.15) is 0 Å². The molecular weight excluding hydrogens is 286 g/mol. The van der Waals surface area contributed by atoms with E-state index in [1.54, 1.807) is 0 Å². The number of benzene rings is 1. The van der Waals surface area contributed by atoms with Crippen LogP contribution in [0.3, 0.4) is 0 Å². The van der Waals surface area contributed by atoms with E-state index in [2.05, 4.69) is 24.9 Å². The standard InChI is InChI=1S/C20H23NO2/c1-14(2)18-11-17-10-16(8-9-19(17)21-12-18)20(22)23-13-15-6-4-3-5-7-15/h3-7,11-12,14,16H,8-10,13H2,1-2H3. The Hall–Kier alpha value is -2.16. The summed E-state index contributed by atoms with van der Waals surface area (Å²) < 4.78 is 5.50. The maximum absolute atomic E-state index is 12.4. The minimum atomic E-state index is -0.0885. The first-order valence-electron chi connectivity index (χ1n) is 8.31. The molecule has 23 heavy (non-hydrogen) atoms. The predicted octanol–water partition coefficient (Wildman–Crippen LogP) is 4.05. The van der Waals surface area contributed by atoms with Crippen LogP contribution >= 0.6 is 0 Å². The van der Waals surface area contributed by atoms with Gasteiger partial charge >= 0.3 is 5.97 Å². The van der Waals surface area contributed by atoms with Crippen LogP contribution in [-0.4, -0.2) is 11.0 Å². The molecule has 2 aromatic rings. The molecule has 0 aliphatic heterocycles. The average Bonchev–Trinajstić information content (AvgIpc) is 2.59. The zero-order valence-electron chi connectivity index (χ0n) is 13.8. The molecule has 3 rings (SSSR count). The lowest BCUT2D eigenvalue weighted by Gasteiger charge is -2.23. The van der Waals surface area contributed by atoms with Crippen LogP contribution in [0.1, 0.15) is 48.6 Å². The molecule has 0 bridgehead atoms. The minimum Gasteiger partial charge on any atom is -0.461 e. The summed E-state index contributed by atoms with van der Waals surface area (Å²) in [6.07, 6.45) is 4.40. The third kappa shape index (κ3) is 3.79. The first kappa shape index (κ1) is 15.7. The summed E-state index contributed by atoms with van der Waals surface area (Å²) in [7, 11) is 0. The molecule has 0 fully saturated rings. The van der Waals surface area contributed by atoms with Crippen molar-refractivity contribution < 1.29 is 9.53 Å². The van der Waals surface area contributed by atoms with Crippen LogP contribution in [0.2, 0.25) is 0 Å². The molecule has 1 unspecified atom stereocenters. The summed E-state index contributed by atoms with van der Waals surface area (Å²) in [6, 6.07) is 12.0. The van der Waals surface area contributed by atoms with E-state index >= 15 is 0 Å². The van der Waals surface area contributed by atoms with Crippen molar-refractivity contribution in [2.45, 2.75) is 45.6 Å². The number of carbonyl (C=O) groups is 1. The number of fused-ring (bicyclic) bond motifs is 1. The lowest BCUT2D eigenvalue weighted by atomic mass is 9.85. The van der Waals surface area contributed by atoms with Gasteiger partial charge in [0.15, 0.2) is 0 Å². The largest absolute Gasteiger partial charge is 0.461 e. The lowest BCUT2D eigenvalue weighted by Crippen LogP contribution is -2.25. The smallest absolute Gasteiger partial charge is 0.309 e. The molecule has 0 radical (unpaired) electrons. The van der Waals surface area contributed by atoms with E-state index in [0.717, 1.165) is 30.5 Å². The zero-order valence-corrected chi connectivity index (χ0v) is 13.8. The van der Waals surface area contributed by atoms with Gasteiger partial charge in [-0.1, -0.05) is 50.2 Å². The molecule has 0 N–H and O–H groups in total. The Morgan fingerprint density at radius 1 is 1.30 bits per heavy atom. The zero-order chi connectivity index (χ0) is 16.2. The van der Waals surface area contributed by atoms with Crippen molar-refractivity contribution in [1.29, 1.82) is 0 Å². The first-order valence-corrected chi connectivity index (χ1v) is 8.31. The van der Waals surface area contributed by atoms with Crippen molar-refractivity contribution in [3.05, 3.63) is 65.0 Å². The number of pyridine rings is 1. The number of rotatable bonds is 4. The third-order valence-corrected chi connectivity index (χ3v) is 4.50. The van der Waals surface area contributed by atoms with Crippen LogP contribution in [0, 0.1) is 5.92 Å². The fourth-order valence-corrected chi connectivity index (χ4v) is 3.00. The second kappa shape index (κ2) is 6.95. The number of aromatic nitrogens is 1. The van der Waals surface area contributed by atoms with Gasteiger partial charge < -0.3 is 4.74 Å². The Morgan fingerprint density at radius 3 is 2.83 bits per heavy atom. The van der Waals surface area contributed by atoms with Gasteiger partial charge in [-0.3, -0.25) is 9.78 Å². The van der Waals surface area contributed by atoms with Crippen LogP contribution in [-0.2, 0) is 29.0 Å². The second-order valence-electron chi connectivity index (χ2n) is 6.56. The number of ether oxygens (including phenoxy) is 1. The van der Waals surface area contributed by atoms with Gasteiger partial charge in [0.2, 0.25) is 0 Å². The molecule has 1 aliphatic carbocycles. The highest BCUT2D eigenvalue weighted by molar-refractivity contribution is 5.73. The number of nitrogens with zero attached hydrogens (tertiary/aromatic N) is 1. The number of hydrogen-bond acceptors (Lipinski definition) is 3. The molecule has 0 saturated carbocycles. The van der Waals surface area contributed by atoms with Gasteiger partial charge in [0.1, 0.15) is 6.61 Å². The fraction of sp³-hybridized carbons (Fsp3) is 0.400. The van der Waals surface area contributed by atoms with Gasteiger partial charge in [-0.25, -0.2) is 0 Å². The second-order valence-corrected chi connectivity index (χ2v) is 6.56. The summed E-state index contributed by atoms with van der Waals surface area (Å²) in [5.74, 6) is 0.322. The molecule has 0 amide bonds. The summed E-state index contributed by atoms with van der Waals surface area (Å²) >= 11 is 0. The van der Waals surface area contributed by atoms with E-state index in [0.29, 0.717) is 12.5 Å². The maximum Gasteiger partial charge on any atom is 0.309 e. The van der Waals surface area contributed by atoms with E-state index in [1.165, 1.54) is 11.1 Å². The monoisotopic (exact) mass is 309 g/mol. The molecule has 0 spiro atoms. The van der Waals surface area contributed by atoms with Crippen LogP contribution < -0.4 is 0 Å². The highest BCUT2D eigenvalue weighted by Gasteiger charge is 2.27. The molecular formula is C20H23NO2. The van der Waals surface area contributed by atoms with Crippen molar-refractivity contribution in [3.8, 4) is 0 Å². The Bertz CT molecular complexity index is 679. The highest BCUT2D eigenvalue weighted by Crippen LogP contribution is 2.27. The van der Waals surface area contributed by atoms with Gasteiger partial charge in [0.25, 0.3) is 0 Å². The summed E-state index contributed by atoms with van der Waals surface area (Å²) in [4.78, 5) is 16.9. The minimum absolute atomic E-state index is 0.0459. The van der Waals surface area contributed by atoms with E-state index in [1.807, 2.05) is 36.5 Å². The van der Waals surface area contributed by atoms with E-state index in [4.69, 9.17) is 4.74 Å². The van der Waals surface area contributed by atoms with E-state index in [9.17, 15) is 4.79 Å². The molecule has 3 heteroatoms. The quantitative estimate of drug-likeness (QED) is 0.800. The van der Waals surface area contributed by atoms with Crippen molar-refractivity contribution >= 4 is 5.97 Å². The van der Waals surface area contributed by atoms with Gasteiger partial charge in [-0.05, 0) is 41.9 Å². The van der Waals surface area contributed by atoms with Gasteiger partial charge in [0, 0.05) is 11.9 Å². The molecule has 1 aromatic carbocycles. The topological polar surface area (TPSA) is 39.2 Å². The van der Waals surface area contributed by atoms with Gasteiger partial charge in [-0.15, -0.1) is 0 Å². The Morgan fingerprint density at radius 2 is 2.09 bits per heavy atom. The van der Waals surface area contributed by atoms with Crippen molar-refractivity contribution in [2.75, 3.05) is 0 Å². The highest BCUT2D eigenvalue weighted by atomic mass is 16.5. The Kier molecular flexibility index (Phi) is 4.75. The van der Waals surface area contributed by atoms with Crippen LogP contribution in [0.15, 0.2) is 42.6 Å². The third-order valence-electron chi connectivity index (χ3n) is 4.50. The van der Waals surface area contributed by atoms with Crippen molar-refractivity contribution in [2.24, 2.45) is 5.92 Å². The number of carbonyl (C=O) groups excluding carboxylic acids is 1. The normalized spacial score (nSPS) is 16.9. The maximum atomic E-state index is 12.4. The molecule has 1 heterocycles. The van der Waals surface area contributed by atoms with Gasteiger partial charge in [0.05, 0.1) is 5.92 Å². The molecule has 0 saturated heterocycles. The number of hydrogen-bond donors (Lipinski definition) is 0. The van der Waals surface area contributed by atoms with E-state index < -0.39 is 0 Å². The van der Waals surface area contributed by atoms with E-state index in [-0.39, 0.29) is 11.9 Å². The molecule has 1 aromatic heterocycles. The number of esters is 1. The Labute approximate surface area is 137 Å². The summed E-state index contributed by atoms with van der Waals surface area (Å²) in [5.41, 5.74) is 4.62. The van der Waals surface area contributed by atoms with Crippen LogP contribution in [0.4, 0.5) is 0 Å². The predicted molar refractivity (Wildman–Crippen MR) is 90.1 cm³/mol. The summed E-state index contributed by atoms with van der Waals surface area (Å²) in [6.45, 7) is 4.68. The molecule has 3 nitrogen and oxygen atoms in total. The molecule has 1 aliphatic rings. The van der Waals surface area contributed by atoms with Crippen molar-refractivity contribution in [1.82, 2.24) is 4.98 Å². The van der Waals surface area contributed by atoms with Crippen LogP contribution in [0.5, 0.6) is 0 Å². The SMILES string of the molecule is CC(C)c1cnc2c(c1)CC(C(=O)OCc1ccccc1)CC2. The first-order chi connectivity index (χ1) is 11.1. The average molecular weight is 309 g/mol. The van der Waals surface area contributed by atoms with Crippen LogP contribution in [0.25, 0.3) is 0 Å². The fourth-order valence-electron chi connectivity index (χ4n) is 3.00. The molecule has 120 valence electrons. The lowest BCUT2D eigenvalue weighted by molar-refractivity contribution is -0.150.